The third-order valence-corrected chi connectivity index (χ3v) is 5.00. The van der Waals surface area contributed by atoms with Crippen LogP contribution in [0.2, 0.25) is 0 Å². The predicted octanol–water partition coefficient (Wildman–Crippen LogP) is 4.02. The summed E-state index contributed by atoms with van der Waals surface area (Å²) in [5.41, 5.74) is 5.43. The molecule has 0 aliphatic heterocycles. The number of hydrogen-bond donors (Lipinski definition) is 3. The van der Waals surface area contributed by atoms with Crippen molar-refractivity contribution in [3.8, 4) is 5.75 Å². The molecule has 2 amide bonds. The molecule has 7 nitrogen and oxygen atoms in total. The standard InChI is InChI=1S/C23H21N3O4/c1-14-20-17(25-26-22(28)16-10-5-6-12-18(16)27)11-7-13-19(20)30-21(14)23(29)24-15-8-3-2-4-9-15/h2-6,8-10,12,27H,7,11,13H2,1H3,(H,24,29)(H,26,28)/b25-17+. The summed E-state index contributed by atoms with van der Waals surface area (Å²) < 4.78 is 5.87. The predicted molar refractivity (Wildman–Crippen MR) is 113 cm³/mol. The second-order valence-corrected chi connectivity index (χ2v) is 7.04. The lowest BCUT2D eigenvalue weighted by atomic mass is 9.93. The fraction of sp³-hybridized carbons (Fsp3) is 0.174. The molecule has 30 heavy (non-hydrogen) atoms. The summed E-state index contributed by atoms with van der Waals surface area (Å²) >= 11 is 0. The van der Waals surface area contributed by atoms with E-state index in [0.717, 1.165) is 12.0 Å². The summed E-state index contributed by atoms with van der Waals surface area (Å²) in [7, 11) is 0. The first-order valence-electron chi connectivity index (χ1n) is 9.68. The van der Waals surface area contributed by atoms with Crippen LogP contribution in [-0.2, 0) is 6.42 Å². The first-order valence-corrected chi connectivity index (χ1v) is 9.68. The van der Waals surface area contributed by atoms with Crippen LogP contribution in [0.25, 0.3) is 0 Å². The van der Waals surface area contributed by atoms with Gasteiger partial charge in [-0.2, -0.15) is 5.10 Å². The molecule has 0 atom stereocenters. The quantitative estimate of drug-likeness (QED) is 0.573. The lowest BCUT2D eigenvalue weighted by molar-refractivity contribution is 0.0950. The highest BCUT2D eigenvalue weighted by Gasteiger charge is 2.28. The molecule has 2 aromatic carbocycles. The van der Waals surface area contributed by atoms with Crippen molar-refractivity contribution >= 4 is 23.2 Å². The number of nitrogens with one attached hydrogen (secondary N) is 2. The van der Waals surface area contributed by atoms with Gasteiger partial charge in [0.1, 0.15) is 11.5 Å². The highest BCUT2D eigenvalue weighted by Crippen LogP contribution is 2.30. The van der Waals surface area contributed by atoms with Gasteiger partial charge in [-0.25, -0.2) is 5.43 Å². The third-order valence-electron chi connectivity index (χ3n) is 5.00. The van der Waals surface area contributed by atoms with Gasteiger partial charge >= 0.3 is 0 Å². The molecule has 3 N–H and O–H groups in total. The monoisotopic (exact) mass is 403 g/mol. The van der Waals surface area contributed by atoms with E-state index in [9.17, 15) is 14.7 Å². The van der Waals surface area contributed by atoms with Gasteiger partial charge in [-0.05, 0) is 44.0 Å². The molecule has 0 fully saturated rings. The molecule has 0 saturated carbocycles. The molecule has 0 unspecified atom stereocenters. The zero-order valence-electron chi connectivity index (χ0n) is 16.4. The topological polar surface area (TPSA) is 104 Å². The fourth-order valence-electron chi connectivity index (χ4n) is 3.55. The van der Waals surface area contributed by atoms with Crippen LogP contribution in [0, 0.1) is 6.92 Å². The van der Waals surface area contributed by atoms with E-state index in [1.54, 1.807) is 24.3 Å². The van der Waals surface area contributed by atoms with Gasteiger partial charge in [0, 0.05) is 23.2 Å². The molecule has 7 heteroatoms. The number of phenols is 1. The number of hydrogen-bond acceptors (Lipinski definition) is 5. The molecule has 1 aliphatic rings. The molecule has 0 radical (unpaired) electrons. The molecule has 0 bridgehead atoms. The summed E-state index contributed by atoms with van der Waals surface area (Å²) in [5, 5.41) is 16.9. The van der Waals surface area contributed by atoms with Crippen LogP contribution < -0.4 is 10.7 Å². The Morgan fingerprint density at radius 1 is 1.00 bits per heavy atom. The van der Waals surface area contributed by atoms with Gasteiger partial charge < -0.3 is 14.8 Å². The number of aromatic hydroxyl groups is 1. The Labute approximate surface area is 173 Å². The SMILES string of the molecule is Cc1c(C(=O)Nc2ccccc2)oc2c1/C(=N/NC(=O)c1ccccc1O)CCC2. The number of benzene rings is 2. The maximum atomic E-state index is 12.7. The lowest BCUT2D eigenvalue weighted by Crippen LogP contribution is -2.22. The van der Waals surface area contributed by atoms with E-state index in [1.807, 2.05) is 25.1 Å². The molecular formula is C23H21N3O4. The minimum absolute atomic E-state index is 0.112. The Kier molecular flexibility index (Phi) is 5.34. The van der Waals surface area contributed by atoms with Gasteiger partial charge in [-0.15, -0.1) is 0 Å². The molecule has 3 aromatic rings. The smallest absolute Gasteiger partial charge is 0.291 e. The van der Waals surface area contributed by atoms with E-state index < -0.39 is 5.91 Å². The van der Waals surface area contributed by atoms with E-state index in [2.05, 4.69) is 15.8 Å². The first kappa shape index (κ1) is 19.4. The van der Waals surface area contributed by atoms with Crippen LogP contribution in [0.3, 0.4) is 0 Å². The summed E-state index contributed by atoms with van der Waals surface area (Å²) in [5.74, 6) is -0.0153. The maximum Gasteiger partial charge on any atom is 0.291 e. The third kappa shape index (κ3) is 3.82. The van der Waals surface area contributed by atoms with Crippen molar-refractivity contribution in [3.05, 3.63) is 82.8 Å². The average molecular weight is 403 g/mol. The van der Waals surface area contributed by atoms with Crippen molar-refractivity contribution in [3.63, 3.8) is 0 Å². The van der Waals surface area contributed by atoms with Crippen molar-refractivity contribution in [2.75, 3.05) is 5.32 Å². The summed E-state index contributed by atoms with van der Waals surface area (Å²) in [6, 6.07) is 15.4. The van der Waals surface area contributed by atoms with E-state index in [-0.39, 0.29) is 23.0 Å². The highest BCUT2D eigenvalue weighted by molar-refractivity contribution is 6.09. The van der Waals surface area contributed by atoms with Crippen LogP contribution in [0.4, 0.5) is 5.69 Å². The molecule has 1 heterocycles. The Hall–Kier alpha value is -3.87. The van der Waals surface area contributed by atoms with Crippen molar-refractivity contribution in [2.45, 2.75) is 26.2 Å². The minimum Gasteiger partial charge on any atom is -0.507 e. The number of anilines is 1. The van der Waals surface area contributed by atoms with Crippen molar-refractivity contribution in [2.24, 2.45) is 5.10 Å². The first-order chi connectivity index (χ1) is 14.5. The highest BCUT2D eigenvalue weighted by atomic mass is 16.4. The van der Waals surface area contributed by atoms with E-state index in [0.29, 0.717) is 35.6 Å². The number of amides is 2. The van der Waals surface area contributed by atoms with Gasteiger partial charge in [0.25, 0.3) is 11.8 Å². The largest absolute Gasteiger partial charge is 0.507 e. The number of para-hydroxylation sites is 2. The van der Waals surface area contributed by atoms with Crippen LogP contribution in [-0.4, -0.2) is 22.6 Å². The molecule has 1 aliphatic carbocycles. The molecule has 0 saturated heterocycles. The number of rotatable bonds is 4. The fourth-order valence-corrected chi connectivity index (χ4v) is 3.55. The number of hydrazone groups is 1. The zero-order valence-corrected chi connectivity index (χ0v) is 16.4. The molecule has 0 spiro atoms. The van der Waals surface area contributed by atoms with Gasteiger partial charge in [-0.1, -0.05) is 30.3 Å². The number of phenolic OH excluding ortho intramolecular Hbond substituents is 1. The van der Waals surface area contributed by atoms with E-state index in [4.69, 9.17) is 4.42 Å². The van der Waals surface area contributed by atoms with Crippen LogP contribution in [0.1, 0.15) is 50.6 Å². The molecule has 1 aromatic heterocycles. The van der Waals surface area contributed by atoms with Crippen LogP contribution >= 0.6 is 0 Å². The second-order valence-electron chi connectivity index (χ2n) is 7.04. The zero-order chi connectivity index (χ0) is 21.1. The number of carbonyl (C=O) groups excluding carboxylic acids is 2. The van der Waals surface area contributed by atoms with Gasteiger partial charge in [-0.3, -0.25) is 9.59 Å². The normalized spacial score (nSPS) is 14.2. The number of nitrogens with zero attached hydrogens (tertiary/aromatic N) is 1. The Morgan fingerprint density at radius 3 is 2.50 bits per heavy atom. The van der Waals surface area contributed by atoms with E-state index >= 15 is 0 Å². The van der Waals surface area contributed by atoms with Crippen molar-refractivity contribution in [1.29, 1.82) is 0 Å². The lowest BCUT2D eigenvalue weighted by Gasteiger charge is -2.13. The van der Waals surface area contributed by atoms with Crippen LogP contribution in [0.15, 0.2) is 64.1 Å². The van der Waals surface area contributed by atoms with Crippen molar-refractivity contribution in [1.82, 2.24) is 5.43 Å². The summed E-state index contributed by atoms with van der Waals surface area (Å²) in [6.07, 6.45) is 2.14. The average Bonchev–Trinajstić information content (AvgIpc) is 3.10. The van der Waals surface area contributed by atoms with Crippen LogP contribution in [0.5, 0.6) is 5.75 Å². The summed E-state index contributed by atoms with van der Waals surface area (Å²) in [6.45, 7) is 1.81. The van der Waals surface area contributed by atoms with E-state index in [1.165, 1.54) is 12.1 Å². The number of fused-ring (bicyclic) bond motifs is 1. The molecular weight excluding hydrogens is 382 g/mol. The second kappa shape index (κ2) is 8.24. The maximum absolute atomic E-state index is 12.7. The van der Waals surface area contributed by atoms with Crippen molar-refractivity contribution < 1.29 is 19.1 Å². The summed E-state index contributed by atoms with van der Waals surface area (Å²) in [4.78, 5) is 25.1. The number of furan rings is 1. The van der Waals surface area contributed by atoms with Gasteiger partial charge in [0.05, 0.1) is 11.3 Å². The van der Waals surface area contributed by atoms with Gasteiger partial charge in [0.15, 0.2) is 5.76 Å². The Balaban J connectivity index is 1.58. The number of carbonyl (C=O) groups is 2. The minimum atomic E-state index is -0.504. The Morgan fingerprint density at radius 2 is 1.73 bits per heavy atom. The molecule has 4 rings (SSSR count). The molecule has 152 valence electrons. The van der Waals surface area contributed by atoms with Gasteiger partial charge in [0.2, 0.25) is 0 Å². The number of aryl methyl sites for hydroxylation is 1. The Bertz CT molecular complexity index is 1130.